The van der Waals surface area contributed by atoms with Crippen molar-refractivity contribution in [3.05, 3.63) is 0 Å². The Kier molecular flexibility index (Phi) is 5.56. The van der Waals surface area contributed by atoms with Crippen molar-refractivity contribution < 1.29 is 9.53 Å². The van der Waals surface area contributed by atoms with Gasteiger partial charge in [-0.05, 0) is 31.7 Å². The van der Waals surface area contributed by atoms with Crippen LogP contribution in [0, 0.1) is 5.92 Å². The zero-order valence-electron chi connectivity index (χ0n) is 8.63. The molecule has 3 N–H and O–H groups in total. The first-order valence-electron chi connectivity index (χ1n) is 5.36. The van der Waals surface area contributed by atoms with E-state index in [0.717, 1.165) is 39.1 Å². The van der Waals surface area contributed by atoms with Crippen molar-refractivity contribution in [2.75, 3.05) is 26.3 Å². The Bertz CT molecular complexity index is 168. The minimum atomic E-state index is -0.200. The molecule has 0 saturated carbocycles. The third-order valence-electron chi connectivity index (χ3n) is 2.48. The Hall–Kier alpha value is -0.610. The summed E-state index contributed by atoms with van der Waals surface area (Å²) in [4.78, 5) is 10.4. The van der Waals surface area contributed by atoms with Crippen molar-refractivity contribution in [3.63, 3.8) is 0 Å². The van der Waals surface area contributed by atoms with Crippen LogP contribution in [0.5, 0.6) is 0 Å². The lowest BCUT2D eigenvalue weighted by Crippen LogP contribution is -2.24. The summed E-state index contributed by atoms with van der Waals surface area (Å²) in [6.45, 7) is 3.82. The van der Waals surface area contributed by atoms with Crippen LogP contribution in [0.3, 0.4) is 0 Å². The largest absolute Gasteiger partial charge is 0.381 e. The van der Waals surface area contributed by atoms with Crippen LogP contribution in [-0.2, 0) is 9.53 Å². The van der Waals surface area contributed by atoms with Gasteiger partial charge >= 0.3 is 0 Å². The predicted octanol–water partition coefficient (Wildman–Crippen LogP) is 0.268. The lowest BCUT2D eigenvalue weighted by molar-refractivity contribution is -0.118. The van der Waals surface area contributed by atoms with E-state index in [4.69, 9.17) is 10.5 Å². The molecule has 14 heavy (non-hydrogen) atoms. The lowest BCUT2D eigenvalue weighted by atomic mass is 10.1. The number of unbranched alkanes of at least 4 members (excludes halogenated alkanes) is 1. The highest BCUT2D eigenvalue weighted by Crippen LogP contribution is 2.10. The maximum atomic E-state index is 10.4. The second-order valence-corrected chi connectivity index (χ2v) is 3.86. The van der Waals surface area contributed by atoms with Gasteiger partial charge in [0, 0.05) is 19.6 Å². The average molecular weight is 200 g/mol. The van der Waals surface area contributed by atoms with Crippen LogP contribution < -0.4 is 11.1 Å². The molecule has 0 aromatic heterocycles. The first-order chi connectivity index (χ1) is 6.79. The number of nitrogens with two attached hydrogens (primary N) is 1. The van der Waals surface area contributed by atoms with E-state index in [0.29, 0.717) is 12.3 Å². The van der Waals surface area contributed by atoms with Crippen molar-refractivity contribution in [2.45, 2.75) is 25.7 Å². The molecular formula is C10H20N2O2. The number of carbonyl (C=O) groups is 1. The molecular weight excluding hydrogens is 180 g/mol. The minimum absolute atomic E-state index is 0.200. The zero-order chi connectivity index (χ0) is 10.2. The third-order valence-corrected chi connectivity index (χ3v) is 2.48. The highest BCUT2D eigenvalue weighted by Gasteiger charge is 2.14. The molecule has 1 fully saturated rings. The number of ether oxygens (including phenoxy) is 1. The Morgan fingerprint density at radius 2 is 2.36 bits per heavy atom. The first kappa shape index (κ1) is 11.5. The average Bonchev–Trinajstić information content (AvgIpc) is 2.63. The Morgan fingerprint density at radius 3 is 3.00 bits per heavy atom. The van der Waals surface area contributed by atoms with Gasteiger partial charge in [0.25, 0.3) is 0 Å². The van der Waals surface area contributed by atoms with Gasteiger partial charge in [0.2, 0.25) is 5.91 Å². The van der Waals surface area contributed by atoms with E-state index in [2.05, 4.69) is 5.32 Å². The highest BCUT2D eigenvalue weighted by atomic mass is 16.5. The van der Waals surface area contributed by atoms with Crippen LogP contribution in [-0.4, -0.2) is 32.2 Å². The van der Waals surface area contributed by atoms with Gasteiger partial charge < -0.3 is 15.8 Å². The molecule has 0 bridgehead atoms. The molecule has 1 aliphatic heterocycles. The molecule has 0 aromatic rings. The van der Waals surface area contributed by atoms with Gasteiger partial charge in [-0.15, -0.1) is 0 Å². The number of carbonyl (C=O) groups excluding carboxylic acids is 1. The summed E-state index contributed by atoms with van der Waals surface area (Å²) in [6, 6.07) is 0. The number of primary amides is 1. The molecule has 0 spiro atoms. The van der Waals surface area contributed by atoms with Crippen LogP contribution in [0.2, 0.25) is 0 Å². The van der Waals surface area contributed by atoms with E-state index >= 15 is 0 Å². The van der Waals surface area contributed by atoms with Crippen molar-refractivity contribution in [1.29, 1.82) is 0 Å². The van der Waals surface area contributed by atoms with Crippen molar-refractivity contribution in [1.82, 2.24) is 5.32 Å². The summed E-state index contributed by atoms with van der Waals surface area (Å²) in [6.07, 6.45) is 3.60. The summed E-state index contributed by atoms with van der Waals surface area (Å²) in [5, 5.41) is 3.37. The summed E-state index contributed by atoms with van der Waals surface area (Å²) >= 11 is 0. The van der Waals surface area contributed by atoms with Crippen LogP contribution in [0.25, 0.3) is 0 Å². The third kappa shape index (κ3) is 5.19. The molecule has 1 amide bonds. The van der Waals surface area contributed by atoms with Crippen molar-refractivity contribution >= 4 is 5.91 Å². The van der Waals surface area contributed by atoms with E-state index in [1.165, 1.54) is 6.42 Å². The highest BCUT2D eigenvalue weighted by molar-refractivity contribution is 5.73. The molecule has 1 heterocycles. The second kappa shape index (κ2) is 6.79. The summed E-state index contributed by atoms with van der Waals surface area (Å²) in [5.41, 5.74) is 5.03. The number of nitrogens with one attached hydrogen (secondary N) is 1. The monoisotopic (exact) mass is 200 g/mol. The number of amides is 1. The SMILES string of the molecule is NC(=O)CCCCNCC1CCOC1. The summed E-state index contributed by atoms with van der Waals surface area (Å²) in [7, 11) is 0. The smallest absolute Gasteiger partial charge is 0.217 e. The van der Waals surface area contributed by atoms with E-state index in [1.54, 1.807) is 0 Å². The van der Waals surface area contributed by atoms with Gasteiger partial charge in [0.15, 0.2) is 0 Å². The summed E-state index contributed by atoms with van der Waals surface area (Å²) < 4.78 is 5.27. The van der Waals surface area contributed by atoms with Crippen LogP contribution >= 0.6 is 0 Å². The summed E-state index contributed by atoms with van der Waals surface area (Å²) in [5.74, 6) is 0.486. The lowest BCUT2D eigenvalue weighted by Gasteiger charge is -2.08. The van der Waals surface area contributed by atoms with Crippen molar-refractivity contribution in [2.24, 2.45) is 11.7 Å². The standard InChI is InChI=1S/C10H20N2O2/c11-10(13)3-1-2-5-12-7-9-4-6-14-8-9/h9,12H,1-8H2,(H2,11,13). The van der Waals surface area contributed by atoms with Gasteiger partial charge in [-0.2, -0.15) is 0 Å². The molecule has 82 valence electrons. The Morgan fingerprint density at radius 1 is 1.50 bits per heavy atom. The molecule has 1 rings (SSSR count). The topological polar surface area (TPSA) is 64.4 Å². The van der Waals surface area contributed by atoms with Gasteiger partial charge in [-0.25, -0.2) is 0 Å². The first-order valence-corrected chi connectivity index (χ1v) is 5.36. The fourth-order valence-electron chi connectivity index (χ4n) is 1.60. The zero-order valence-corrected chi connectivity index (χ0v) is 8.63. The van der Waals surface area contributed by atoms with Crippen LogP contribution in [0.4, 0.5) is 0 Å². The molecule has 0 aromatic carbocycles. The maximum absolute atomic E-state index is 10.4. The Balaban J connectivity index is 1.82. The fraction of sp³-hybridized carbons (Fsp3) is 0.900. The van der Waals surface area contributed by atoms with Crippen molar-refractivity contribution in [3.8, 4) is 0 Å². The van der Waals surface area contributed by atoms with E-state index in [9.17, 15) is 4.79 Å². The predicted molar refractivity (Wildman–Crippen MR) is 54.8 cm³/mol. The van der Waals surface area contributed by atoms with Gasteiger partial charge in [-0.1, -0.05) is 0 Å². The molecule has 4 heteroatoms. The second-order valence-electron chi connectivity index (χ2n) is 3.86. The fourth-order valence-corrected chi connectivity index (χ4v) is 1.60. The van der Waals surface area contributed by atoms with Gasteiger partial charge in [-0.3, -0.25) is 4.79 Å². The van der Waals surface area contributed by atoms with E-state index in [-0.39, 0.29) is 5.91 Å². The molecule has 1 aliphatic rings. The Labute approximate surface area is 85.2 Å². The molecule has 4 nitrogen and oxygen atoms in total. The number of hydrogen-bond acceptors (Lipinski definition) is 3. The van der Waals surface area contributed by atoms with Crippen LogP contribution in [0.1, 0.15) is 25.7 Å². The quantitative estimate of drug-likeness (QED) is 0.580. The molecule has 1 saturated heterocycles. The van der Waals surface area contributed by atoms with E-state index < -0.39 is 0 Å². The molecule has 0 aliphatic carbocycles. The van der Waals surface area contributed by atoms with Crippen LogP contribution in [0.15, 0.2) is 0 Å². The van der Waals surface area contributed by atoms with Gasteiger partial charge in [0.05, 0.1) is 6.61 Å². The molecule has 1 unspecified atom stereocenters. The van der Waals surface area contributed by atoms with Gasteiger partial charge in [0.1, 0.15) is 0 Å². The number of rotatable bonds is 7. The maximum Gasteiger partial charge on any atom is 0.217 e. The minimum Gasteiger partial charge on any atom is -0.381 e. The normalized spacial score (nSPS) is 21.3. The number of hydrogen-bond donors (Lipinski definition) is 2. The molecule has 0 radical (unpaired) electrons. The molecule has 1 atom stereocenters. The van der Waals surface area contributed by atoms with E-state index in [1.807, 2.05) is 0 Å².